The number of hydrogen-bond donors (Lipinski definition) is 1. The van der Waals surface area contributed by atoms with Gasteiger partial charge in [-0.2, -0.15) is 13.9 Å². The van der Waals surface area contributed by atoms with Crippen LogP contribution in [-0.2, 0) is 0 Å². The Morgan fingerprint density at radius 3 is 2.68 bits per heavy atom. The Hall–Kier alpha value is -3.66. The first-order chi connectivity index (χ1) is 14.9. The minimum Gasteiger partial charge on any atom is -0.434 e. The summed E-state index contributed by atoms with van der Waals surface area (Å²) in [7, 11) is 0. The number of carbonyl (C=O) groups is 1. The van der Waals surface area contributed by atoms with Gasteiger partial charge >= 0.3 is 6.61 Å². The van der Waals surface area contributed by atoms with Crippen LogP contribution in [0.25, 0.3) is 16.9 Å². The number of nitrogens with one attached hydrogen (secondary N) is 1. The number of rotatable bonds is 6. The Kier molecular flexibility index (Phi) is 5.72. The molecule has 4 rings (SSSR count). The Morgan fingerprint density at radius 1 is 1.16 bits per heavy atom. The second-order valence-corrected chi connectivity index (χ2v) is 7.23. The normalized spacial score (nSPS) is 11.0. The van der Waals surface area contributed by atoms with Crippen LogP contribution >= 0.6 is 11.3 Å². The van der Waals surface area contributed by atoms with Gasteiger partial charge in [-0.25, -0.2) is 14.1 Å². The van der Waals surface area contributed by atoms with Crippen molar-refractivity contribution in [1.29, 1.82) is 0 Å². The van der Waals surface area contributed by atoms with Crippen LogP contribution in [0.2, 0.25) is 0 Å². The van der Waals surface area contributed by atoms with Crippen LogP contribution in [-0.4, -0.2) is 27.3 Å². The molecule has 10 heteroatoms. The number of ether oxygens (including phenoxy) is 1. The molecule has 0 atom stereocenters. The Balaban J connectivity index is 1.55. The van der Waals surface area contributed by atoms with Crippen LogP contribution in [0.15, 0.2) is 60.1 Å². The second kappa shape index (κ2) is 8.60. The zero-order chi connectivity index (χ0) is 22.0. The lowest BCUT2D eigenvalue weighted by Crippen LogP contribution is -2.13. The van der Waals surface area contributed by atoms with E-state index in [-0.39, 0.29) is 22.1 Å². The molecule has 0 fully saturated rings. The molecule has 1 amide bonds. The average Bonchev–Trinajstić information content (AvgIpc) is 3.35. The van der Waals surface area contributed by atoms with Crippen molar-refractivity contribution in [2.45, 2.75) is 13.5 Å². The van der Waals surface area contributed by atoms with E-state index in [0.29, 0.717) is 17.0 Å². The lowest BCUT2D eigenvalue weighted by Gasteiger charge is -2.08. The van der Waals surface area contributed by atoms with Gasteiger partial charge in [-0.3, -0.25) is 10.1 Å². The van der Waals surface area contributed by atoms with E-state index in [9.17, 15) is 18.0 Å². The Bertz CT molecular complexity index is 1240. The third kappa shape index (κ3) is 4.29. The van der Waals surface area contributed by atoms with Gasteiger partial charge in [0.05, 0.1) is 23.1 Å². The van der Waals surface area contributed by atoms with Crippen molar-refractivity contribution in [2.24, 2.45) is 0 Å². The number of benzene rings is 2. The summed E-state index contributed by atoms with van der Waals surface area (Å²) in [6.45, 7) is -1.31. The minimum absolute atomic E-state index is 0.0114. The molecule has 0 spiro atoms. The summed E-state index contributed by atoms with van der Waals surface area (Å²) in [4.78, 5) is 17.0. The number of halogens is 3. The highest BCUT2D eigenvalue weighted by Gasteiger charge is 2.19. The molecule has 0 aliphatic carbocycles. The lowest BCUT2D eigenvalue weighted by atomic mass is 10.1. The van der Waals surface area contributed by atoms with Crippen LogP contribution in [0.3, 0.4) is 0 Å². The standard InChI is InChI=1S/C21H15F3N4O2S/c1-12-14(10-25-28(12)17-8-4-3-7-15(17)22)19(29)27-21-26-16(11-31-21)13-6-2-5-9-18(13)30-20(23)24/h2-11,20H,1H3,(H,26,27,29). The molecule has 6 nitrogen and oxygen atoms in total. The monoisotopic (exact) mass is 444 g/mol. The Morgan fingerprint density at radius 2 is 1.90 bits per heavy atom. The van der Waals surface area contributed by atoms with Crippen LogP contribution < -0.4 is 10.1 Å². The topological polar surface area (TPSA) is 69.0 Å². The van der Waals surface area contributed by atoms with Crippen molar-refractivity contribution < 1.29 is 22.7 Å². The van der Waals surface area contributed by atoms with Crippen molar-refractivity contribution in [1.82, 2.24) is 14.8 Å². The maximum Gasteiger partial charge on any atom is 0.387 e. The van der Waals surface area contributed by atoms with Crippen molar-refractivity contribution in [3.8, 4) is 22.7 Å². The van der Waals surface area contributed by atoms with Gasteiger partial charge in [0.2, 0.25) is 0 Å². The van der Waals surface area contributed by atoms with Gasteiger partial charge in [0.25, 0.3) is 5.91 Å². The molecule has 0 radical (unpaired) electrons. The van der Waals surface area contributed by atoms with Crippen LogP contribution in [0, 0.1) is 12.7 Å². The number of aromatic nitrogens is 3. The van der Waals surface area contributed by atoms with E-state index in [1.807, 2.05) is 0 Å². The van der Waals surface area contributed by atoms with E-state index in [1.165, 1.54) is 23.0 Å². The molecule has 0 bridgehead atoms. The largest absolute Gasteiger partial charge is 0.434 e. The molecule has 0 saturated carbocycles. The third-order valence-corrected chi connectivity index (χ3v) is 5.20. The minimum atomic E-state index is -2.96. The van der Waals surface area contributed by atoms with E-state index in [0.717, 1.165) is 11.3 Å². The zero-order valence-corrected chi connectivity index (χ0v) is 16.9. The van der Waals surface area contributed by atoms with Gasteiger partial charge in [-0.1, -0.05) is 24.3 Å². The molecule has 1 N–H and O–H groups in total. The van der Waals surface area contributed by atoms with E-state index >= 15 is 0 Å². The average molecular weight is 444 g/mol. The summed E-state index contributed by atoms with van der Waals surface area (Å²) in [6, 6.07) is 12.4. The number of hydrogen-bond acceptors (Lipinski definition) is 5. The van der Waals surface area contributed by atoms with Crippen molar-refractivity contribution in [3.63, 3.8) is 0 Å². The van der Waals surface area contributed by atoms with Crippen LogP contribution in [0.4, 0.5) is 18.3 Å². The molecular weight excluding hydrogens is 429 g/mol. The van der Waals surface area contributed by atoms with Crippen LogP contribution in [0.1, 0.15) is 16.1 Å². The fourth-order valence-corrected chi connectivity index (χ4v) is 3.70. The van der Waals surface area contributed by atoms with E-state index in [2.05, 4.69) is 20.1 Å². The number of amides is 1. The molecule has 0 unspecified atom stereocenters. The number of anilines is 1. The predicted octanol–water partition coefficient (Wildman–Crippen LogP) is 5.30. The first-order valence-electron chi connectivity index (χ1n) is 9.04. The van der Waals surface area contributed by atoms with Gasteiger partial charge in [0.15, 0.2) is 5.13 Å². The number of carbonyl (C=O) groups excluding carboxylic acids is 1. The smallest absolute Gasteiger partial charge is 0.387 e. The van der Waals surface area contributed by atoms with E-state index < -0.39 is 18.3 Å². The van der Waals surface area contributed by atoms with Crippen molar-refractivity contribution in [2.75, 3.05) is 5.32 Å². The quantitative estimate of drug-likeness (QED) is 0.438. The number of thiazole rings is 1. The number of para-hydroxylation sites is 2. The fraction of sp³-hybridized carbons (Fsp3) is 0.0952. The lowest BCUT2D eigenvalue weighted by molar-refractivity contribution is -0.0494. The predicted molar refractivity (Wildman–Crippen MR) is 110 cm³/mol. The molecule has 0 saturated heterocycles. The highest BCUT2D eigenvalue weighted by atomic mass is 32.1. The fourth-order valence-electron chi connectivity index (χ4n) is 3.00. The molecule has 0 aliphatic rings. The molecule has 158 valence electrons. The number of alkyl halides is 2. The summed E-state index contributed by atoms with van der Waals surface area (Å²) in [5, 5.41) is 8.67. The molecule has 31 heavy (non-hydrogen) atoms. The maximum atomic E-state index is 14.1. The van der Waals surface area contributed by atoms with Gasteiger partial charge in [-0.05, 0) is 31.2 Å². The molecule has 2 aromatic carbocycles. The van der Waals surface area contributed by atoms with Crippen LogP contribution in [0.5, 0.6) is 5.75 Å². The molecule has 4 aromatic rings. The first kappa shape index (κ1) is 20.6. The highest BCUT2D eigenvalue weighted by Crippen LogP contribution is 2.33. The van der Waals surface area contributed by atoms with Gasteiger partial charge in [0.1, 0.15) is 17.3 Å². The molecule has 2 heterocycles. The summed E-state index contributed by atoms with van der Waals surface area (Å²) in [5.74, 6) is -0.948. The van der Waals surface area contributed by atoms with Crippen molar-refractivity contribution >= 4 is 22.4 Å². The maximum absolute atomic E-state index is 14.1. The summed E-state index contributed by atoms with van der Waals surface area (Å²) in [5.41, 5.74) is 1.70. The number of nitrogens with zero attached hydrogens (tertiary/aromatic N) is 3. The highest BCUT2D eigenvalue weighted by molar-refractivity contribution is 7.14. The molecular formula is C21H15F3N4O2S. The summed E-state index contributed by atoms with van der Waals surface area (Å²) >= 11 is 1.13. The first-order valence-corrected chi connectivity index (χ1v) is 9.92. The van der Waals surface area contributed by atoms with E-state index in [4.69, 9.17) is 0 Å². The van der Waals surface area contributed by atoms with Gasteiger partial charge in [0, 0.05) is 10.9 Å². The van der Waals surface area contributed by atoms with E-state index in [1.54, 1.807) is 48.7 Å². The summed E-state index contributed by atoms with van der Waals surface area (Å²) in [6.07, 6.45) is 1.34. The van der Waals surface area contributed by atoms with Gasteiger partial charge in [-0.15, -0.1) is 11.3 Å². The molecule has 0 aliphatic heterocycles. The van der Waals surface area contributed by atoms with Crippen molar-refractivity contribution in [3.05, 3.63) is 77.2 Å². The zero-order valence-electron chi connectivity index (χ0n) is 16.1. The molecule has 2 aromatic heterocycles. The van der Waals surface area contributed by atoms with Gasteiger partial charge < -0.3 is 4.74 Å². The summed E-state index contributed by atoms with van der Waals surface area (Å²) < 4.78 is 45.2. The second-order valence-electron chi connectivity index (χ2n) is 6.37. The SMILES string of the molecule is Cc1c(C(=O)Nc2nc(-c3ccccc3OC(F)F)cs2)cnn1-c1ccccc1F. The third-order valence-electron chi connectivity index (χ3n) is 4.44. The Labute approximate surface area is 178 Å².